The number of methoxy groups -OCH3 is 1. The van der Waals surface area contributed by atoms with Crippen molar-refractivity contribution < 1.29 is 9.84 Å². The highest BCUT2D eigenvalue weighted by Gasteiger charge is 2.28. The molecule has 2 aromatic rings. The number of aromatic hydroxyl groups is 1. The van der Waals surface area contributed by atoms with Gasteiger partial charge in [-0.3, -0.25) is 4.57 Å². The first-order valence-electron chi connectivity index (χ1n) is 8.43. The van der Waals surface area contributed by atoms with Gasteiger partial charge in [-0.2, -0.15) is 10.2 Å². The molecular formula is C18H21N5O2. The molecule has 7 nitrogen and oxygen atoms in total. The van der Waals surface area contributed by atoms with E-state index in [1.165, 1.54) is 0 Å². The number of anilines is 1. The maximum atomic E-state index is 10.4. The molecule has 2 atom stereocenters. The second-order valence-electron chi connectivity index (χ2n) is 6.47. The van der Waals surface area contributed by atoms with Crippen LogP contribution in [0.25, 0.3) is 6.08 Å². The van der Waals surface area contributed by atoms with Crippen molar-refractivity contribution in [1.82, 2.24) is 9.55 Å². The van der Waals surface area contributed by atoms with Crippen LogP contribution in [0.3, 0.4) is 0 Å². The average Bonchev–Trinajstić information content (AvgIpc) is 3.32. The van der Waals surface area contributed by atoms with Crippen LogP contribution in [0, 0.1) is 0 Å². The van der Waals surface area contributed by atoms with E-state index < -0.39 is 0 Å². The normalized spacial score (nSPS) is 22.2. The fourth-order valence-electron chi connectivity index (χ4n) is 3.44. The molecule has 2 aliphatic rings. The van der Waals surface area contributed by atoms with Crippen LogP contribution in [0.1, 0.15) is 30.5 Å². The molecule has 1 aliphatic carbocycles. The van der Waals surface area contributed by atoms with Crippen LogP contribution in [-0.2, 0) is 11.8 Å². The Bertz CT molecular complexity index is 947. The van der Waals surface area contributed by atoms with E-state index in [4.69, 9.17) is 4.74 Å². The smallest absolute Gasteiger partial charge is 0.220 e. The van der Waals surface area contributed by atoms with Gasteiger partial charge in [0.15, 0.2) is 0 Å². The summed E-state index contributed by atoms with van der Waals surface area (Å²) in [7, 11) is 3.54. The lowest BCUT2D eigenvalue weighted by Crippen LogP contribution is -2.30. The predicted octanol–water partition coefficient (Wildman–Crippen LogP) is 0.901. The molecule has 1 aromatic heterocycles. The molecule has 7 heteroatoms. The van der Waals surface area contributed by atoms with Crippen LogP contribution >= 0.6 is 0 Å². The van der Waals surface area contributed by atoms with Crippen molar-refractivity contribution in [2.24, 2.45) is 17.3 Å². The molecule has 2 heterocycles. The molecule has 1 saturated carbocycles. The summed E-state index contributed by atoms with van der Waals surface area (Å²) in [6, 6.07) is 6.05. The van der Waals surface area contributed by atoms with Gasteiger partial charge in [-0.1, -0.05) is 6.07 Å². The van der Waals surface area contributed by atoms with Crippen LogP contribution in [0.4, 0.5) is 5.95 Å². The number of benzene rings is 1. The number of fused-ring (bicyclic) bond motifs is 1. The van der Waals surface area contributed by atoms with Crippen molar-refractivity contribution in [1.29, 1.82) is 0 Å². The van der Waals surface area contributed by atoms with Crippen molar-refractivity contribution in [2.45, 2.75) is 31.4 Å². The van der Waals surface area contributed by atoms with E-state index in [2.05, 4.69) is 20.5 Å². The molecule has 130 valence electrons. The van der Waals surface area contributed by atoms with Crippen LogP contribution in [-0.4, -0.2) is 40.1 Å². The van der Waals surface area contributed by atoms with Crippen LogP contribution in [0.5, 0.6) is 5.88 Å². The Kier molecular flexibility index (Phi) is 4.01. The number of imidazole rings is 1. The Hall–Kier alpha value is -2.67. The Morgan fingerprint density at radius 3 is 3.08 bits per heavy atom. The van der Waals surface area contributed by atoms with Gasteiger partial charge in [0.05, 0.1) is 23.7 Å². The molecule has 0 spiro atoms. The highest BCUT2D eigenvalue weighted by molar-refractivity contribution is 5.80. The lowest BCUT2D eigenvalue weighted by molar-refractivity contribution is 0.101. The minimum atomic E-state index is 0.133. The molecule has 25 heavy (non-hydrogen) atoms. The van der Waals surface area contributed by atoms with E-state index in [0.717, 1.165) is 35.4 Å². The fourth-order valence-corrected chi connectivity index (χ4v) is 3.44. The van der Waals surface area contributed by atoms with E-state index in [1.54, 1.807) is 24.9 Å². The monoisotopic (exact) mass is 339 g/mol. The quantitative estimate of drug-likeness (QED) is 0.867. The van der Waals surface area contributed by atoms with Gasteiger partial charge in [-0.25, -0.2) is 4.98 Å². The summed E-state index contributed by atoms with van der Waals surface area (Å²) in [5, 5.41) is 23.6. The molecule has 1 aliphatic heterocycles. The van der Waals surface area contributed by atoms with E-state index >= 15 is 0 Å². The highest BCUT2D eigenvalue weighted by Crippen LogP contribution is 2.27. The molecule has 0 bridgehead atoms. The van der Waals surface area contributed by atoms with Gasteiger partial charge in [-0.05, 0) is 42.7 Å². The van der Waals surface area contributed by atoms with Crippen LogP contribution in [0.2, 0.25) is 0 Å². The highest BCUT2D eigenvalue weighted by atomic mass is 16.5. The number of ether oxygens (including phenoxy) is 1. The Morgan fingerprint density at radius 1 is 1.36 bits per heavy atom. The minimum absolute atomic E-state index is 0.133. The first kappa shape index (κ1) is 15.8. The Balaban J connectivity index is 1.64. The molecule has 4 rings (SSSR count). The number of rotatable bonds is 4. The number of nitrogens with zero attached hydrogens (tertiary/aromatic N) is 4. The predicted molar refractivity (Wildman–Crippen MR) is 95.3 cm³/mol. The molecule has 0 saturated heterocycles. The summed E-state index contributed by atoms with van der Waals surface area (Å²) in [4.78, 5) is 4.56. The Labute approximate surface area is 145 Å². The van der Waals surface area contributed by atoms with Crippen molar-refractivity contribution in [3.8, 4) is 5.88 Å². The first-order valence-corrected chi connectivity index (χ1v) is 8.43. The standard InChI is InChI=1S/C18H21N5O2/c1-23-17(24)15(9-11-6-7-13-12(8-11)10-19-22-13)21-18(23)20-14-4-3-5-16(14)25-2/h6-10,14,16,24H,3-5H2,1-2H3,(H,20,21)/t14-,16-/m1/s1. The van der Waals surface area contributed by atoms with Crippen molar-refractivity contribution in [2.75, 3.05) is 12.4 Å². The molecular weight excluding hydrogens is 318 g/mol. The van der Waals surface area contributed by atoms with Gasteiger partial charge in [0.2, 0.25) is 11.8 Å². The maximum absolute atomic E-state index is 10.4. The summed E-state index contributed by atoms with van der Waals surface area (Å²) in [5.41, 5.74) is 1.50. The van der Waals surface area contributed by atoms with E-state index in [1.807, 2.05) is 24.3 Å². The number of hydrogen-bond donors (Lipinski definition) is 2. The van der Waals surface area contributed by atoms with E-state index in [-0.39, 0.29) is 18.0 Å². The fraction of sp³-hybridized carbons (Fsp3) is 0.389. The zero-order chi connectivity index (χ0) is 17.4. The van der Waals surface area contributed by atoms with Gasteiger partial charge in [0.1, 0.15) is 5.69 Å². The second-order valence-corrected chi connectivity index (χ2v) is 6.47. The van der Waals surface area contributed by atoms with Gasteiger partial charge in [0, 0.05) is 19.7 Å². The lowest BCUT2D eigenvalue weighted by atomic mass is 10.2. The van der Waals surface area contributed by atoms with Crippen molar-refractivity contribution in [3.63, 3.8) is 0 Å². The van der Waals surface area contributed by atoms with Gasteiger partial charge >= 0.3 is 0 Å². The second kappa shape index (κ2) is 6.33. The molecule has 1 aromatic carbocycles. The minimum Gasteiger partial charge on any atom is -0.493 e. The van der Waals surface area contributed by atoms with Gasteiger partial charge in [0.25, 0.3) is 0 Å². The zero-order valence-electron chi connectivity index (χ0n) is 14.3. The van der Waals surface area contributed by atoms with E-state index in [9.17, 15) is 5.11 Å². The van der Waals surface area contributed by atoms with Crippen LogP contribution < -0.4 is 15.9 Å². The molecule has 0 radical (unpaired) electrons. The summed E-state index contributed by atoms with van der Waals surface area (Å²) >= 11 is 0. The third-order valence-corrected chi connectivity index (χ3v) is 4.88. The largest absolute Gasteiger partial charge is 0.493 e. The first-order chi connectivity index (χ1) is 12.2. The average molecular weight is 339 g/mol. The summed E-state index contributed by atoms with van der Waals surface area (Å²) in [5.74, 6) is 0.781. The zero-order valence-corrected chi connectivity index (χ0v) is 14.3. The van der Waals surface area contributed by atoms with E-state index in [0.29, 0.717) is 11.6 Å². The van der Waals surface area contributed by atoms with Crippen molar-refractivity contribution >= 4 is 18.2 Å². The summed E-state index contributed by atoms with van der Waals surface area (Å²) < 4.78 is 7.19. The summed E-state index contributed by atoms with van der Waals surface area (Å²) in [6.45, 7) is 0. The topological polar surface area (TPSA) is 84.0 Å². The number of aromatic nitrogens is 2. The Morgan fingerprint density at radius 2 is 2.24 bits per heavy atom. The number of hydrogen-bond acceptors (Lipinski definition) is 6. The molecule has 2 N–H and O–H groups in total. The molecule has 0 unspecified atom stereocenters. The maximum Gasteiger partial charge on any atom is 0.220 e. The summed E-state index contributed by atoms with van der Waals surface area (Å²) in [6.07, 6.45) is 6.99. The van der Waals surface area contributed by atoms with Crippen LogP contribution in [0.15, 0.2) is 28.4 Å². The van der Waals surface area contributed by atoms with Gasteiger partial charge < -0.3 is 15.2 Å². The van der Waals surface area contributed by atoms with Gasteiger partial charge in [-0.15, -0.1) is 0 Å². The number of nitrogens with one attached hydrogen (secondary N) is 1. The third kappa shape index (κ3) is 2.91. The van der Waals surface area contributed by atoms with Crippen molar-refractivity contribution in [3.05, 3.63) is 40.0 Å². The molecule has 1 fully saturated rings. The lowest BCUT2D eigenvalue weighted by Gasteiger charge is -2.19. The molecule has 0 amide bonds. The SMILES string of the molecule is CO[C@@H]1CCC[C@H]1Nc1nc(C=c2ccc3c(c2)C=NN=3)c(O)n1C. The third-order valence-electron chi connectivity index (χ3n) is 4.88.